The van der Waals surface area contributed by atoms with Crippen LogP contribution in [0, 0.1) is 0 Å². The van der Waals surface area contributed by atoms with Crippen molar-refractivity contribution in [1.29, 1.82) is 0 Å². The summed E-state index contributed by atoms with van der Waals surface area (Å²) >= 11 is 0. The maximum absolute atomic E-state index is 13.3. The van der Waals surface area contributed by atoms with Gasteiger partial charge in [0.2, 0.25) is 5.91 Å². The number of hydrogen-bond acceptors (Lipinski definition) is 18. The number of amides is 1. The van der Waals surface area contributed by atoms with E-state index in [1.54, 1.807) is 6.08 Å². The predicted octanol–water partition coefficient (Wildman–Crippen LogP) is 7.21. The molecule has 3 aliphatic heterocycles. The second-order valence-corrected chi connectivity index (χ2v) is 23.2. The molecule has 12 N–H and O–H groups in total. The zero-order valence-electron chi connectivity index (χ0n) is 51.1. The maximum Gasteiger partial charge on any atom is 0.220 e. The Morgan fingerprint density at radius 3 is 1.31 bits per heavy atom. The van der Waals surface area contributed by atoms with Gasteiger partial charge in [-0.3, -0.25) is 4.79 Å². The first-order valence-electron chi connectivity index (χ1n) is 32.5. The van der Waals surface area contributed by atoms with Crippen LogP contribution in [0.15, 0.2) is 60.8 Å². The lowest BCUT2D eigenvalue weighted by Gasteiger charge is -2.48. The highest BCUT2D eigenvalue weighted by molar-refractivity contribution is 5.76. The molecule has 0 radical (unpaired) electrons. The molecule has 3 saturated heterocycles. The third-order valence-corrected chi connectivity index (χ3v) is 16.0. The van der Waals surface area contributed by atoms with Crippen LogP contribution in [0.3, 0.4) is 0 Å². The topological polar surface area (TPSA) is 307 Å². The number of ether oxygens (including phenoxy) is 6. The number of allylic oxidation sites excluding steroid dienone is 9. The lowest BCUT2D eigenvalue weighted by atomic mass is 9.96. The molecule has 19 heteroatoms. The number of rotatable bonds is 48. The number of nitrogens with one attached hydrogen (secondary N) is 1. The third-order valence-electron chi connectivity index (χ3n) is 16.0. The summed E-state index contributed by atoms with van der Waals surface area (Å²) in [6, 6.07) is -0.995. The molecule has 0 aromatic rings. The summed E-state index contributed by atoms with van der Waals surface area (Å²) in [5, 5.41) is 120. The van der Waals surface area contributed by atoms with Gasteiger partial charge in [0.25, 0.3) is 0 Å². The van der Waals surface area contributed by atoms with Crippen molar-refractivity contribution in [3.63, 3.8) is 0 Å². The summed E-state index contributed by atoms with van der Waals surface area (Å²) in [4.78, 5) is 13.3. The van der Waals surface area contributed by atoms with Crippen molar-refractivity contribution in [1.82, 2.24) is 5.32 Å². The van der Waals surface area contributed by atoms with Crippen LogP contribution in [0.2, 0.25) is 0 Å². The number of aliphatic hydroxyl groups is 11. The molecule has 1 amide bonds. The fourth-order valence-corrected chi connectivity index (χ4v) is 10.7. The van der Waals surface area contributed by atoms with Crippen molar-refractivity contribution in [3.8, 4) is 0 Å². The van der Waals surface area contributed by atoms with E-state index in [1.807, 2.05) is 6.08 Å². The number of unbranched alkanes of at least 4 members (excludes halogenated alkanes) is 24. The Labute approximate surface area is 503 Å². The summed E-state index contributed by atoms with van der Waals surface area (Å²) < 4.78 is 34.2. The van der Waals surface area contributed by atoms with Gasteiger partial charge in [0, 0.05) is 6.42 Å². The molecular weight excluding hydrogens is 1080 g/mol. The third kappa shape index (κ3) is 30.1. The second-order valence-electron chi connectivity index (χ2n) is 23.2. The van der Waals surface area contributed by atoms with Gasteiger partial charge in [0.05, 0.1) is 38.6 Å². The van der Waals surface area contributed by atoms with E-state index in [9.17, 15) is 61.0 Å². The molecule has 84 heavy (non-hydrogen) atoms. The Kier molecular flexibility index (Phi) is 42.8. The van der Waals surface area contributed by atoms with Gasteiger partial charge in [-0.2, -0.15) is 0 Å². The van der Waals surface area contributed by atoms with Gasteiger partial charge >= 0.3 is 0 Å². The van der Waals surface area contributed by atoms with Gasteiger partial charge in [-0.15, -0.1) is 0 Å². The number of carbonyl (C=O) groups excluding carboxylic acids is 1. The zero-order chi connectivity index (χ0) is 61.2. The first kappa shape index (κ1) is 75.7. The molecule has 17 atom stereocenters. The van der Waals surface area contributed by atoms with E-state index in [0.29, 0.717) is 12.8 Å². The number of carbonyl (C=O) groups is 1. The molecule has 3 rings (SSSR count). The van der Waals surface area contributed by atoms with E-state index in [0.717, 1.165) is 51.4 Å². The van der Waals surface area contributed by atoms with Crippen LogP contribution in [0.4, 0.5) is 0 Å². The van der Waals surface area contributed by atoms with Crippen LogP contribution in [0.25, 0.3) is 0 Å². The van der Waals surface area contributed by atoms with E-state index < -0.39 is 124 Å². The van der Waals surface area contributed by atoms with Gasteiger partial charge in [-0.05, 0) is 70.6 Å². The van der Waals surface area contributed by atoms with Crippen LogP contribution < -0.4 is 5.32 Å². The fourth-order valence-electron chi connectivity index (χ4n) is 10.7. The van der Waals surface area contributed by atoms with Crippen molar-refractivity contribution >= 4 is 5.91 Å². The highest BCUT2D eigenvalue weighted by Crippen LogP contribution is 2.33. The minimum atomic E-state index is -1.98. The molecule has 19 nitrogen and oxygen atoms in total. The molecule has 0 spiro atoms. The van der Waals surface area contributed by atoms with E-state index in [1.165, 1.54) is 128 Å². The Morgan fingerprint density at radius 2 is 0.833 bits per heavy atom. The first-order valence-corrected chi connectivity index (χ1v) is 32.5. The molecule has 3 fully saturated rings. The minimum absolute atomic E-state index is 0.231. The number of hydrogen-bond donors (Lipinski definition) is 12. The average Bonchev–Trinajstić information content (AvgIpc) is 2.86. The lowest BCUT2D eigenvalue weighted by molar-refractivity contribution is -0.379. The first-order chi connectivity index (χ1) is 40.8. The standard InChI is InChI=1S/C65H115NO18/c1-3-5-7-9-11-13-15-16-17-18-19-20-21-22-23-24-25-26-27-28-29-30-31-32-33-35-37-39-41-43-53(71)66-48(49(70)42-40-38-36-34-14-12-10-8-6-4-2)47-79-63-59(77)56(74)61(51(45-68)81-63)84-65-60(78)57(75)62(52(46-69)82-65)83-64-58(76)55(73)54(72)50(44-67)80-64/h6,8,14-16,18-19,34,40,42,48-52,54-65,67-70,72-78H,3-5,7,9-13,17,20-33,35-39,41,43-47H2,1-2H3,(H,66,71)/b8-6+,16-15-,19-18-,34-14+,42-40+. The van der Waals surface area contributed by atoms with E-state index >= 15 is 0 Å². The molecule has 3 heterocycles. The SMILES string of the molecule is CC/C=C/CC/C=C/CC/C=C/C(O)C(COC1OC(CO)C(OC2OC(CO)C(OC3OC(CO)C(O)C(O)C3O)C(O)C2O)C(O)C1O)NC(=O)CCCCCCCCCCCCCCCCCCC/C=C\C/C=C\CCCCCCC. The Balaban J connectivity index is 1.38. The summed E-state index contributed by atoms with van der Waals surface area (Å²) in [5.74, 6) is -0.293. The summed E-state index contributed by atoms with van der Waals surface area (Å²) in [6.07, 6.45) is 29.6. The molecule has 0 saturated carbocycles. The largest absolute Gasteiger partial charge is 0.394 e. The summed E-state index contributed by atoms with van der Waals surface area (Å²) in [5.41, 5.74) is 0. The molecule has 488 valence electrons. The number of aliphatic hydroxyl groups excluding tert-OH is 11. The molecule has 0 bridgehead atoms. The van der Waals surface area contributed by atoms with Crippen molar-refractivity contribution in [2.24, 2.45) is 0 Å². The Morgan fingerprint density at radius 1 is 0.440 bits per heavy atom. The van der Waals surface area contributed by atoms with E-state index in [2.05, 4.69) is 67.8 Å². The molecule has 0 aromatic heterocycles. The van der Waals surface area contributed by atoms with Gasteiger partial charge in [0.15, 0.2) is 18.9 Å². The van der Waals surface area contributed by atoms with Crippen molar-refractivity contribution in [2.75, 3.05) is 26.4 Å². The van der Waals surface area contributed by atoms with E-state index in [-0.39, 0.29) is 18.9 Å². The van der Waals surface area contributed by atoms with Crippen LogP contribution in [-0.4, -0.2) is 193 Å². The van der Waals surface area contributed by atoms with Crippen molar-refractivity contribution in [3.05, 3.63) is 60.8 Å². The minimum Gasteiger partial charge on any atom is -0.394 e. The summed E-state index contributed by atoms with van der Waals surface area (Å²) in [7, 11) is 0. The van der Waals surface area contributed by atoms with Gasteiger partial charge < -0.3 is 89.9 Å². The lowest BCUT2D eigenvalue weighted by Crippen LogP contribution is -2.66. The predicted molar refractivity (Wildman–Crippen MR) is 323 cm³/mol. The van der Waals surface area contributed by atoms with Crippen LogP contribution in [0.1, 0.15) is 213 Å². The summed E-state index contributed by atoms with van der Waals surface area (Å²) in [6.45, 7) is 1.55. The quantitative estimate of drug-likeness (QED) is 0.0211. The van der Waals surface area contributed by atoms with Crippen LogP contribution in [0.5, 0.6) is 0 Å². The molecule has 0 aromatic carbocycles. The molecule has 0 aliphatic carbocycles. The monoisotopic (exact) mass is 1200 g/mol. The molecule has 3 aliphatic rings. The maximum atomic E-state index is 13.3. The van der Waals surface area contributed by atoms with Gasteiger partial charge in [0.1, 0.15) is 73.2 Å². The average molecular weight is 1200 g/mol. The van der Waals surface area contributed by atoms with Crippen LogP contribution >= 0.6 is 0 Å². The highest BCUT2D eigenvalue weighted by Gasteiger charge is 2.53. The smallest absolute Gasteiger partial charge is 0.220 e. The highest BCUT2D eigenvalue weighted by atomic mass is 16.8. The Hall–Kier alpha value is -2.51. The van der Waals surface area contributed by atoms with Gasteiger partial charge in [-0.25, -0.2) is 0 Å². The molecular formula is C65H115NO18. The second kappa shape index (κ2) is 47.5. The molecule has 17 unspecified atom stereocenters. The Bertz CT molecular complexity index is 1770. The van der Waals surface area contributed by atoms with Crippen molar-refractivity contribution in [2.45, 2.75) is 317 Å². The van der Waals surface area contributed by atoms with Crippen molar-refractivity contribution < 1.29 is 89.4 Å². The van der Waals surface area contributed by atoms with E-state index in [4.69, 9.17) is 28.4 Å². The zero-order valence-corrected chi connectivity index (χ0v) is 51.1. The normalized spacial score (nSPS) is 29.6. The van der Waals surface area contributed by atoms with Crippen LogP contribution in [-0.2, 0) is 33.2 Å². The van der Waals surface area contributed by atoms with Gasteiger partial charge in [-0.1, -0.05) is 197 Å². The fraction of sp³-hybridized carbons (Fsp3) is 0.831.